The van der Waals surface area contributed by atoms with Gasteiger partial charge in [-0.05, 0) is 24.3 Å². The van der Waals surface area contributed by atoms with Crippen molar-refractivity contribution >= 4 is 11.0 Å². The van der Waals surface area contributed by atoms with E-state index in [2.05, 4.69) is 15.0 Å². The van der Waals surface area contributed by atoms with Crippen molar-refractivity contribution in [1.82, 2.24) is 15.0 Å². The SMILES string of the molecule is c1ccc(COc2nc3ccccc3[nH]2)nc1. The van der Waals surface area contributed by atoms with Crippen LogP contribution < -0.4 is 4.74 Å². The summed E-state index contributed by atoms with van der Waals surface area (Å²) in [7, 11) is 0. The van der Waals surface area contributed by atoms with Gasteiger partial charge >= 0.3 is 0 Å². The molecule has 3 aromatic rings. The van der Waals surface area contributed by atoms with Crippen LogP contribution in [0, 0.1) is 0 Å². The smallest absolute Gasteiger partial charge is 0.295 e. The second-order valence-electron chi connectivity index (χ2n) is 3.67. The molecule has 4 nitrogen and oxygen atoms in total. The molecule has 0 aliphatic carbocycles. The zero-order valence-electron chi connectivity index (χ0n) is 9.13. The number of nitrogens with one attached hydrogen (secondary N) is 1. The van der Waals surface area contributed by atoms with Crippen LogP contribution in [0.15, 0.2) is 48.7 Å². The van der Waals surface area contributed by atoms with E-state index >= 15 is 0 Å². The summed E-state index contributed by atoms with van der Waals surface area (Å²) in [6, 6.07) is 14.1. The lowest BCUT2D eigenvalue weighted by Crippen LogP contribution is -1.98. The van der Waals surface area contributed by atoms with Crippen LogP contribution in [-0.4, -0.2) is 15.0 Å². The second kappa shape index (κ2) is 4.25. The summed E-state index contributed by atoms with van der Waals surface area (Å²) in [5.74, 6) is 0. The Balaban J connectivity index is 1.77. The number of hydrogen-bond acceptors (Lipinski definition) is 3. The van der Waals surface area contributed by atoms with Gasteiger partial charge in [0.15, 0.2) is 0 Å². The van der Waals surface area contributed by atoms with E-state index in [4.69, 9.17) is 4.74 Å². The van der Waals surface area contributed by atoms with Crippen molar-refractivity contribution in [2.24, 2.45) is 0 Å². The van der Waals surface area contributed by atoms with Crippen molar-refractivity contribution in [3.8, 4) is 6.01 Å². The van der Waals surface area contributed by atoms with E-state index in [1.807, 2.05) is 42.5 Å². The van der Waals surface area contributed by atoms with Gasteiger partial charge in [0.1, 0.15) is 6.61 Å². The fourth-order valence-corrected chi connectivity index (χ4v) is 1.62. The number of hydrogen-bond donors (Lipinski definition) is 1. The first kappa shape index (κ1) is 9.84. The molecule has 2 heterocycles. The number of nitrogens with zero attached hydrogens (tertiary/aromatic N) is 2. The molecule has 0 unspecified atom stereocenters. The van der Waals surface area contributed by atoms with E-state index in [1.54, 1.807) is 6.20 Å². The minimum atomic E-state index is 0.417. The van der Waals surface area contributed by atoms with E-state index in [-0.39, 0.29) is 0 Å². The molecule has 0 bridgehead atoms. The normalized spacial score (nSPS) is 10.6. The third kappa shape index (κ3) is 2.10. The summed E-state index contributed by atoms with van der Waals surface area (Å²) in [6.07, 6.45) is 1.75. The van der Waals surface area contributed by atoms with Crippen molar-refractivity contribution < 1.29 is 4.74 Å². The molecule has 3 rings (SSSR count). The lowest BCUT2D eigenvalue weighted by molar-refractivity contribution is 0.280. The molecule has 84 valence electrons. The Labute approximate surface area is 98.3 Å². The van der Waals surface area contributed by atoms with E-state index in [0.717, 1.165) is 16.7 Å². The molecule has 0 saturated heterocycles. The summed E-state index contributed by atoms with van der Waals surface area (Å²) in [5.41, 5.74) is 2.76. The lowest BCUT2D eigenvalue weighted by atomic mass is 10.3. The van der Waals surface area contributed by atoms with Gasteiger partial charge in [-0.3, -0.25) is 4.98 Å². The minimum absolute atomic E-state index is 0.417. The molecular weight excluding hydrogens is 214 g/mol. The molecule has 1 aromatic carbocycles. The third-order valence-electron chi connectivity index (χ3n) is 2.45. The summed E-state index contributed by atoms with van der Waals surface area (Å²) in [4.78, 5) is 11.6. The van der Waals surface area contributed by atoms with Gasteiger partial charge in [0.25, 0.3) is 6.01 Å². The van der Waals surface area contributed by atoms with Gasteiger partial charge in [-0.25, -0.2) is 0 Å². The first-order valence-electron chi connectivity index (χ1n) is 5.39. The highest BCUT2D eigenvalue weighted by atomic mass is 16.5. The van der Waals surface area contributed by atoms with E-state index in [0.29, 0.717) is 12.6 Å². The van der Waals surface area contributed by atoms with Gasteiger partial charge in [0, 0.05) is 6.20 Å². The molecule has 0 radical (unpaired) electrons. The van der Waals surface area contributed by atoms with Gasteiger partial charge in [-0.15, -0.1) is 0 Å². The van der Waals surface area contributed by atoms with Crippen LogP contribution in [0.25, 0.3) is 11.0 Å². The van der Waals surface area contributed by atoms with Crippen molar-refractivity contribution in [2.45, 2.75) is 6.61 Å². The number of ether oxygens (including phenoxy) is 1. The average Bonchev–Trinajstić information content (AvgIpc) is 2.80. The third-order valence-corrected chi connectivity index (χ3v) is 2.45. The second-order valence-corrected chi connectivity index (χ2v) is 3.67. The first-order chi connectivity index (χ1) is 8.42. The van der Waals surface area contributed by atoms with Crippen LogP contribution in [0.1, 0.15) is 5.69 Å². The Hall–Kier alpha value is -2.36. The van der Waals surface area contributed by atoms with E-state index in [9.17, 15) is 0 Å². The molecule has 0 amide bonds. The summed E-state index contributed by atoms with van der Waals surface area (Å²) in [5, 5.41) is 0. The molecule has 0 aliphatic rings. The first-order valence-corrected chi connectivity index (χ1v) is 5.39. The van der Waals surface area contributed by atoms with E-state index in [1.165, 1.54) is 0 Å². The van der Waals surface area contributed by atoms with Crippen LogP contribution in [0.5, 0.6) is 6.01 Å². The lowest BCUT2D eigenvalue weighted by Gasteiger charge is -2.00. The standard InChI is InChI=1S/C13H11N3O/c1-2-7-12-11(6-1)15-13(16-12)17-9-10-5-3-4-8-14-10/h1-8H,9H2,(H,15,16). The Morgan fingerprint density at radius 2 is 1.94 bits per heavy atom. The van der Waals surface area contributed by atoms with E-state index < -0.39 is 0 Å². The number of aromatic nitrogens is 3. The molecule has 0 aliphatic heterocycles. The average molecular weight is 225 g/mol. The van der Waals surface area contributed by atoms with Gasteiger partial charge in [0.2, 0.25) is 0 Å². The Bertz CT molecular complexity index is 586. The van der Waals surface area contributed by atoms with Crippen molar-refractivity contribution in [3.63, 3.8) is 0 Å². The quantitative estimate of drug-likeness (QED) is 0.745. The molecule has 2 aromatic heterocycles. The minimum Gasteiger partial charge on any atom is -0.458 e. The predicted octanol–water partition coefficient (Wildman–Crippen LogP) is 2.54. The number of rotatable bonds is 3. The Morgan fingerprint density at radius 3 is 2.76 bits per heavy atom. The highest BCUT2D eigenvalue weighted by molar-refractivity contribution is 5.75. The van der Waals surface area contributed by atoms with Gasteiger partial charge in [0.05, 0.1) is 16.7 Å². The Morgan fingerprint density at radius 1 is 1.06 bits per heavy atom. The van der Waals surface area contributed by atoms with Crippen molar-refractivity contribution in [3.05, 3.63) is 54.4 Å². The molecular formula is C13H11N3O. The molecule has 0 fully saturated rings. The van der Waals surface area contributed by atoms with Crippen LogP contribution in [-0.2, 0) is 6.61 Å². The number of aromatic amines is 1. The highest BCUT2D eigenvalue weighted by Crippen LogP contribution is 2.15. The van der Waals surface area contributed by atoms with Gasteiger partial charge in [-0.1, -0.05) is 18.2 Å². The van der Waals surface area contributed by atoms with Crippen LogP contribution in [0.2, 0.25) is 0 Å². The molecule has 1 N–H and O–H groups in total. The molecule has 0 spiro atoms. The maximum absolute atomic E-state index is 5.55. The van der Waals surface area contributed by atoms with Crippen molar-refractivity contribution in [1.29, 1.82) is 0 Å². The molecule has 0 saturated carbocycles. The maximum atomic E-state index is 5.55. The van der Waals surface area contributed by atoms with Crippen LogP contribution >= 0.6 is 0 Å². The number of pyridine rings is 1. The highest BCUT2D eigenvalue weighted by Gasteiger charge is 2.02. The topological polar surface area (TPSA) is 50.8 Å². The summed E-state index contributed by atoms with van der Waals surface area (Å²) in [6.45, 7) is 0.417. The zero-order chi connectivity index (χ0) is 11.5. The Kier molecular flexibility index (Phi) is 2.46. The van der Waals surface area contributed by atoms with Crippen LogP contribution in [0.3, 0.4) is 0 Å². The fourth-order valence-electron chi connectivity index (χ4n) is 1.62. The van der Waals surface area contributed by atoms with Crippen molar-refractivity contribution in [2.75, 3.05) is 0 Å². The summed E-state index contributed by atoms with van der Waals surface area (Å²) < 4.78 is 5.55. The number of imidazole rings is 1. The molecule has 4 heteroatoms. The number of benzene rings is 1. The number of H-pyrrole nitrogens is 1. The predicted molar refractivity (Wildman–Crippen MR) is 64.7 cm³/mol. The summed E-state index contributed by atoms with van der Waals surface area (Å²) >= 11 is 0. The monoisotopic (exact) mass is 225 g/mol. The fraction of sp³-hybridized carbons (Fsp3) is 0.0769. The van der Waals surface area contributed by atoms with Gasteiger partial charge < -0.3 is 9.72 Å². The molecule has 17 heavy (non-hydrogen) atoms. The number of para-hydroxylation sites is 2. The largest absolute Gasteiger partial charge is 0.458 e. The van der Waals surface area contributed by atoms with Crippen LogP contribution in [0.4, 0.5) is 0 Å². The number of fused-ring (bicyclic) bond motifs is 1. The molecule has 0 atom stereocenters. The zero-order valence-corrected chi connectivity index (χ0v) is 9.13. The maximum Gasteiger partial charge on any atom is 0.295 e. The van der Waals surface area contributed by atoms with Gasteiger partial charge in [-0.2, -0.15) is 4.98 Å².